The maximum Gasteiger partial charge on any atom is 0.181 e. The summed E-state index contributed by atoms with van der Waals surface area (Å²) in [6.45, 7) is 2.01. The molecule has 3 aromatic rings. The highest BCUT2D eigenvalue weighted by molar-refractivity contribution is 9.10. The molecule has 0 fully saturated rings. The molecule has 0 unspecified atom stereocenters. The Bertz CT molecular complexity index is 758. The van der Waals surface area contributed by atoms with Gasteiger partial charge in [0.05, 0.1) is 0 Å². The average Bonchev–Trinajstić information content (AvgIpc) is 2.88. The second kappa shape index (κ2) is 6.06. The molecule has 0 atom stereocenters. The minimum atomic E-state index is 0.710. The van der Waals surface area contributed by atoms with Crippen molar-refractivity contribution in [3.05, 3.63) is 70.3 Å². The van der Waals surface area contributed by atoms with Crippen LogP contribution in [-0.2, 0) is 0 Å². The fraction of sp³-hybridized carbons (Fsp3) is 0.0588. The van der Waals surface area contributed by atoms with Crippen LogP contribution in [0, 0.1) is 6.92 Å². The molecule has 0 amide bonds. The number of nitrogens with zero attached hydrogens (tertiary/aromatic N) is 2. The zero-order chi connectivity index (χ0) is 14.7. The highest BCUT2D eigenvalue weighted by Gasteiger charge is 2.10. The van der Waals surface area contributed by atoms with Crippen LogP contribution in [0.15, 0.2) is 64.1 Å². The van der Waals surface area contributed by atoms with Gasteiger partial charge in [0.25, 0.3) is 0 Å². The first kappa shape index (κ1) is 13.8. The smallest absolute Gasteiger partial charge is 0.181 e. The number of aryl methyl sites for hydroxylation is 1. The molecule has 104 valence electrons. The van der Waals surface area contributed by atoms with E-state index in [4.69, 9.17) is 0 Å². The highest BCUT2D eigenvalue weighted by atomic mass is 79.9. The van der Waals surface area contributed by atoms with Crippen molar-refractivity contribution in [2.75, 3.05) is 0 Å². The Hall–Kier alpha value is -2.20. The van der Waals surface area contributed by atoms with Crippen LogP contribution in [0.1, 0.15) is 11.3 Å². The molecule has 21 heavy (non-hydrogen) atoms. The van der Waals surface area contributed by atoms with Crippen molar-refractivity contribution in [2.24, 2.45) is 4.99 Å². The Morgan fingerprint density at radius 1 is 1.05 bits per heavy atom. The van der Waals surface area contributed by atoms with Gasteiger partial charge in [0, 0.05) is 21.9 Å². The zero-order valence-electron chi connectivity index (χ0n) is 11.5. The molecule has 1 N–H and O–H groups in total. The standard InChI is InChI=1S/C17H14BrN3/c1-12-16(14-5-3-2-4-6-14)17(21-20-12)19-11-13-7-9-15(18)10-8-13/h2-11H,1H3,(H,20,21). The number of H-pyrrole nitrogens is 1. The fourth-order valence-electron chi connectivity index (χ4n) is 2.14. The summed E-state index contributed by atoms with van der Waals surface area (Å²) in [5.74, 6) is 0.710. The number of aliphatic imine (C=N–C) groups is 1. The molecule has 0 aliphatic rings. The van der Waals surface area contributed by atoms with E-state index in [1.54, 1.807) is 0 Å². The largest absolute Gasteiger partial charge is 0.280 e. The summed E-state index contributed by atoms with van der Waals surface area (Å²) in [7, 11) is 0. The molecule has 0 aliphatic carbocycles. The van der Waals surface area contributed by atoms with Crippen molar-refractivity contribution in [1.29, 1.82) is 0 Å². The topological polar surface area (TPSA) is 41.0 Å². The van der Waals surface area contributed by atoms with E-state index in [2.05, 4.69) is 43.3 Å². The fourth-order valence-corrected chi connectivity index (χ4v) is 2.41. The Balaban J connectivity index is 1.95. The van der Waals surface area contributed by atoms with E-state index in [0.717, 1.165) is 26.9 Å². The average molecular weight is 340 g/mol. The zero-order valence-corrected chi connectivity index (χ0v) is 13.1. The van der Waals surface area contributed by atoms with Gasteiger partial charge in [0.15, 0.2) is 5.82 Å². The van der Waals surface area contributed by atoms with Crippen molar-refractivity contribution >= 4 is 28.0 Å². The summed E-state index contributed by atoms with van der Waals surface area (Å²) < 4.78 is 1.06. The SMILES string of the molecule is Cc1[nH]nc(N=Cc2ccc(Br)cc2)c1-c1ccccc1. The molecular formula is C17H14BrN3. The first-order valence-electron chi connectivity index (χ1n) is 6.64. The number of rotatable bonds is 3. The number of hydrogen-bond acceptors (Lipinski definition) is 2. The summed E-state index contributed by atoms with van der Waals surface area (Å²) >= 11 is 3.43. The molecule has 3 nitrogen and oxygen atoms in total. The van der Waals surface area contributed by atoms with E-state index in [9.17, 15) is 0 Å². The van der Waals surface area contributed by atoms with Crippen LogP contribution in [0.25, 0.3) is 11.1 Å². The molecule has 0 saturated carbocycles. The van der Waals surface area contributed by atoms with Gasteiger partial charge in [-0.2, -0.15) is 5.10 Å². The lowest BCUT2D eigenvalue weighted by Crippen LogP contribution is -1.81. The first-order chi connectivity index (χ1) is 10.2. The first-order valence-corrected chi connectivity index (χ1v) is 7.43. The van der Waals surface area contributed by atoms with Crippen molar-refractivity contribution in [3.63, 3.8) is 0 Å². The summed E-state index contributed by atoms with van der Waals surface area (Å²) in [5.41, 5.74) is 4.22. The summed E-state index contributed by atoms with van der Waals surface area (Å²) in [4.78, 5) is 4.52. The molecular weight excluding hydrogens is 326 g/mol. The van der Waals surface area contributed by atoms with Gasteiger partial charge in [0.1, 0.15) is 0 Å². The molecule has 0 radical (unpaired) electrons. The van der Waals surface area contributed by atoms with E-state index in [0.29, 0.717) is 5.82 Å². The molecule has 0 spiro atoms. The lowest BCUT2D eigenvalue weighted by Gasteiger charge is -2.00. The summed E-state index contributed by atoms with van der Waals surface area (Å²) in [6, 6.07) is 18.2. The molecule has 0 bridgehead atoms. The van der Waals surface area contributed by atoms with Gasteiger partial charge >= 0.3 is 0 Å². The number of aromatic amines is 1. The Kier molecular flexibility index (Phi) is 3.97. The minimum Gasteiger partial charge on any atom is -0.280 e. The number of aromatic nitrogens is 2. The lowest BCUT2D eigenvalue weighted by atomic mass is 10.1. The van der Waals surface area contributed by atoms with E-state index < -0.39 is 0 Å². The second-order valence-corrected chi connectivity index (χ2v) is 5.64. The molecule has 3 rings (SSSR count). The number of halogens is 1. The number of benzene rings is 2. The highest BCUT2D eigenvalue weighted by Crippen LogP contribution is 2.30. The Labute approximate surface area is 131 Å². The van der Waals surface area contributed by atoms with Gasteiger partial charge < -0.3 is 0 Å². The van der Waals surface area contributed by atoms with Crippen LogP contribution in [0.5, 0.6) is 0 Å². The van der Waals surface area contributed by atoms with Crippen LogP contribution in [-0.4, -0.2) is 16.4 Å². The molecule has 1 heterocycles. The summed E-state index contributed by atoms with van der Waals surface area (Å²) in [6.07, 6.45) is 1.83. The molecule has 2 aromatic carbocycles. The van der Waals surface area contributed by atoms with Crippen LogP contribution in [0.4, 0.5) is 5.82 Å². The van der Waals surface area contributed by atoms with Gasteiger partial charge in [-0.15, -0.1) is 0 Å². The van der Waals surface area contributed by atoms with E-state index in [-0.39, 0.29) is 0 Å². The molecule has 4 heteroatoms. The number of nitrogens with one attached hydrogen (secondary N) is 1. The van der Waals surface area contributed by atoms with Crippen LogP contribution in [0.2, 0.25) is 0 Å². The quantitative estimate of drug-likeness (QED) is 0.677. The normalized spacial score (nSPS) is 11.1. The van der Waals surface area contributed by atoms with Gasteiger partial charge in [0.2, 0.25) is 0 Å². The van der Waals surface area contributed by atoms with Gasteiger partial charge in [-0.3, -0.25) is 5.10 Å². The predicted octanol–water partition coefficient (Wildman–Crippen LogP) is 4.90. The van der Waals surface area contributed by atoms with Crippen molar-refractivity contribution in [2.45, 2.75) is 6.92 Å². The Morgan fingerprint density at radius 3 is 2.48 bits per heavy atom. The maximum atomic E-state index is 4.52. The van der Waals surface area contributed by atoms with E-state index in [1.165, 1.54) is 0 Å². The maximum absolute atomic E-state index is 4.52. The van der Waals surface area contributed by atoms with Crippen LogP contribution >= 0.6 is 15.9 Å². The second-order valence-electron chi connectivity index (χ2n) is 4.72. The monoisotopic (exact) mass is 339 g/mol. The van der Waals surface area contributed by atoms with Gasteiger partial charge in [-0.05, 0) is 30.2 Å². The van der Waals surface area contributed by atoms with Gasteiger partial charge in [-0.25, -0.2) is 4.99 Å². The third-order valence-electron chi connectivity index (χ3n) is 3.20. The predicted molar refractivity (Wildman–Crippen MR) is 90.2 cm³/mol. The van der Waals surface area contributed by atoms with E-state index in [1.807, 2.05) is 55.6 Å². The van der Waals surface area contributed by atoms with E-state index >= 15 is 0 Å². The van der Waals surface area contributed by atoms with Crippen molar-refractivity contribution in [3.8, 4) is 11.1 Å². The van der Waals surface area contributed by atoms with Crippen molar-refractivity contribution in [1.82, 2.24) is 10.2 Å². The third kappa shape index (κ3) is 3.11. The Morgan fingerprint density at radius 2 is 1.76 bits per heavy atom. The van der Waals surface area contributed by atoms with Crippen LogP contribution in [0.3, 0.4) is 0 Å². The molecule has 0 aliphatic heterocycles. The lowest BCUT2D eigenvalue weighted by molar-refractivity contribution is 1.04. The third-order valence-corrected chi connectivity index (χ3v) is 3.73. The van der Waals surface area contributed by atoms with Gasteiger partial charge in [-0.1, -0.05) is 58.4 Å². The van der Waals surface area contributed by atoms with Crippen LogP contribution < -0.4 is 0 Å². The minimum absolute atomic E-state index is 0.710. The number of hydrogen-bond donors (Lipinski definition) is 1. The summed E-state index contributed by atoms with van der Waals surface area (Å²) in [5, 5.41) is 7.30. The van der Waals surface area contributed by atoms with Crippen molar-refractivity contribution < 1.29 is 0 Å². The molecule has 0 saturated heterocycles. The molecule has 1 aromatic heterocycles.